The van der Waals surface area contributed by atoms with Gasteiger partial charge in [-0.3, -0.25) is 10.5 Å². The predicted molar refractivity (Wildman–Crippen MR) is 52.9 cm³/mol. The summed E-state index contributed by atoms with van der Waals surface area (Å²) in [5.74, 6) is 5.40. The van der Waals surface area contributed by atoms with E-state index in [9.17, 15) is 0 Å². The molecular weight excluding hydrogens is 164 g/mol. The lowest BCUT2D eigenvalue weighted by molar-refractivity contribution is 0.647. The highest BCUT2D eigenvalue weighted by Crippen LogP contribution is 2.20. The highest BCUT2D eigenvalue weighted by atomic mass is 15.3. The Balaban J connectivity index is 3.18. The van der Waals surface area contributed by atoms with E-state index in [1.807, 2.05) is 25.6 Å². The fraction of sp³-hybridized carbons (Fsp3) is 0.444. The van der Waals surface area contributed by atoms with Crippen molar-refractivity contribution in [1.29, 1.82) is 0 Å². The van der Waals surface area contributed by atoms with Crippen LogP contribution < -0.4 is 11.3 Å². The first-order valence-corrected chi connectivity index (χ1v) is 4.20. The summed E-state index contributed by atoms with van der Waals surface area (Å²) in [5.41, 5.74) is 5.90. The first-order chi connectivity index (χ1) is 6.11. The molecule has 3 N–H and O–H groups in total. The van der Waals surface area contributed by atoms with E-state index in [1.54, 1.807) is 6.08 Å². The normalized spacial score (nSPS) is 12.9. The van der Waals surface area contributed by atoms with Gasteiger partial charge in [-0.2, -0.15) is 5.10 Å². The van der Waals surface area contributed by atoms with Gasteiger partial charge in [0, 0.05) is 18.3 Å². The fourth-order valence-corrected chi connectivity index (χ4v) is 1.51. The summed E-state index contributed by atoms with van der Waals surface area (Å²) >= 11 is 0. The number of hydrazine groups is 1. The third-order valence-corrected chi connectivity index (χ3v) is 2.29. The summed E-state index contributed by atoms with van der Waals surface area (Å²) in [6, 6.07) is -0.0197. The molecule has 72 valence electrons. The standard InChI is InChI=1S/C9H16N4/c1-5-8(11-10)9-6(2)12-13(4)7(9)3/h5,8,11H,1,10H2,2-4H3. The third-order valence-electron chi connectivity index (χ3n) is 2.29. The summed E-state index contributed by atoms with van der Waals surface area (Å²) in [6.07, 6.45) is 1.77. The maximum Gasteiger partial charge on any atom is 0.0674 e. The molecule has 0 fully saturated rings. The Morgan fingerprint density at radius 1 is 1.62 bits per heavy atom. The highest BCUT2D eigenvalue weighted by Gasteiger charge is 2.15. The molecule has 0 saturated carbocycles. The van der Waals surface area contributed by atoms with Crippen LogP contribution >= 0.6 is 0 Å². The van der Waals surface area contributed by atoms with Crippen LogP contribution in [0.3, 0.4) is 0 Å². The van der Waals surface area contributed by atoms with Gasteiger partial charge in [0.15, 0.2) is 0 Å². The minimum absolute atomic E-state index is 0.0197. The second-order valence-electron chi connectivity index (χ2n) is 3.09. The summed E-state index contributed by atoms with van der Waals surface area (Å²) in [4.78, 5) is 0. The zero-order chi connectivity index (χ0) is 10.0. The Morgan fingerprint density at radius 2 is 2.23 bits per heavy atom. The number of aromatic nitrogens is 2. The van der Waals surface area contributed by atoms with Crippen molar-refractivity contribution in [3.8, 4) is 0 Å². The van der Waals surface area contributed by atoms with E-state index in [4.69, 9.17) is 5.84 Å². The van der Waals surface area contributed by atoms with Gasteiger partial charge in [0.05, 0.1) is 11.7 Å². The molecule has 1 rings (SSSR count). The lowest BCUT2D eigenvalue weighted by Crippen LogP contribution is -2.27. The van der Waals surface area contributed by atoms with Gasteiger partial charge in [0.2, 0.25) is 0 Å². The topological polar surface area (TPSA) is 55.9 Å². The van der Waals surface area contributed by atoms with Crippen LogP contribution in [0.15, 0.2) is 12.7 Å². The molecule has 1 heterocycles. The van der Waals surface area contributed by atoms with Crippen molar-refractivity contribution in [2.45, 2.75) is 19.9 Å². The van der Waals surface area contributed by atoms with Crippen molar-refractivity contribution in [2.24, 2.45) is 12.9 Å². The molecule has 0 radical (unpaired) electrons. The van der Waals surface area contributed by atoms with Crippen LogP contribution in [0.4, 0.5) is 0 Å². The van der Waals surface area contributed by atoms with Crippen LogP contribution in [0, 0.1) is 13.8 Å². The number of hydrogen-bond acceptors (Lipinski definition) is 3. The Kier molecular flexibility index (Phi) is 2.85. The minimum Gasteiger partial charge on any atom is -0.272 e. The molecular formula is C9H16N4. The van der Waals surface area contributed by atoms with Gasteiger partial charge >= 0.3 is 0 Å². The van der Waals surface area contributed by atoms with E-state index in [0.29, 0.717) is 0 Å². The number of aryl methyl sites for hydroxylation is 2. The van der Waals surface area contributed by atoms with Gasteiger partial charge in [-0.1, -0.05) is 6.08 Å². The van der Waals surface area contributed by atoms with E-state index < -0.39 is 0 Å². The molecule has 0 aliphatic rings. The van der Waals surface area contributed by atoms with Crippen molar-refractivity contribution in [3.05, 3.63) is 29.6 Å². The maximum absolute atomic E-state index is 5.40. The number of nitrogens with zero attached hydrogens (tertiary/aromatic N) is 2. The molecule has 13 heavy (non-hydrogen) atoms. The summed E-state index contributed by atoms with van der Waals surface area (Å²) < 4.78 is 1.85. The molecule has 0 saturated heterocycles. The van der Waals surface area contributed by atoms with Crippen molar-refractivity contribution in [2.75, 3.05) is 0 Å². The quantitative estimate of drug-likeness (QED) is 0.409. The van der Waals surface area contributed by atoms with Crippen LogP contribution in [0.25, 0.3) is 0 Å². The Bertz CT molecular complexity index is 314. The Labute approximate surface area is 78.4 Å². The van der Waals surface area contributed by atoms with Gasteiger partial charge in [0.1, 0.15) is 0 Å². The predicted octanol–water partition coefficient (Wildman–Crippen LogP) is 0.727. The zero-order valence-electron chi connectivity index (χ0n) is 8.33. The lowest BCUT2D eigenvalue weighted by Gasteiger charge is -2.11. The average Bonchev–Trinajstić information content (AvgIpc) is 2.34. The van der Waals surface area contributed by atoms with Crippen LogP contribution in [0.1, 0.15) is 23.0 Å². The molecule has 1 aromatic rings. The van der Waals surface area contributed by atoms with E-state index in [0.717, 1.165) is 17.0 Å². The Morgan fingerprint density at radius 3 is 2.54 bits per heavy atom. The van der Waals surface area contributed by atoms with Gasteiger partial charge in [-0.25, -0.2) is 5.43 Å². The monoisotopic (exact) mass is 180 g/mol. The second-order valence-corrected chi connectivity index (χ2v) is 3.09. The molecule has 4 nitrogen and oxygen atoms in total. The zero-order valence-corrected chi connectivity index (χ0v) is 8.33. The van der Waals surface area contributed by atoms with Crippen LogP contribution in [-0.4, -0.2) is 9.78 Å². The SMILES string of the molecule is C=CC(NN)c1c(C)nn(C)c1C. The summed E-state index contributed by atoms with van der Waals surface area (Å²) in [5, 5.41) is 4.30. The van der Waals surface area contributed by atoms with Crippen LogP contribution in [0.5, 0.6) is 0 Å². The van der Waals surface area contributed by atoms with E-state index in [1.165, 1.54) is 0 Å². The largest absolute Gasteiger partial charge is 0.272 e. The van der Waals surface area contributed by atoms with Crippen molar-refractivity contribution in [1.82, 2.24) is 15.2 Å². The maximum atomic E-state index is 5.40. The molecule has 0 aliphatic heterocycles. The van der Waals surface area contributed by atoms with Gasteiger partial charge < -0.3 is 0 Å². The molecule has 4 heteroatoms. The average molecular weight is 180 g/mol. The summed E-state index contributed by atoms with van der Waals surface area (Å²) in [6.45, 7) is 7.71. The molecule has 0 amide bonds. The molecule has 0 aromatic carbocycles. The van der Waals surface area contributed by atoms with Crippen molar-refractivity contribution >= 4 is 0 Å². The number of hydrogen-bond donors (Lipinski definition) is 2. The lowest BCUT2D eigenvalue weighted by atomic mass is 10.1. The molecule has 0 aliphatic carbocycles. The van der Waals surface area contributed by atoms with Crippen LogP contribution in [-0.2, 0) is 7.05 Å². The highest BCUT2D eigenvalue weighted by molar-refractivity contribution is 5.30. The molecule has 1 aromatic heterocycles. The molecule has 0 spiro atoms. The second kappa shape index (κ2) is 3.72. The summed E-state index contributed by atoms with van der Waals surface area (Å²) in [7, 11) is 1.92. The molecule has 0 bridgehead atoms. The van der Waals surface area contributed by atoms with E-state index in [2.05, 4.69) is 17.1 Å². The van der Waals surface area contributed by atoms with Crippen molar-refractivity contribution in [3.63, 3.8) is 0 Å². The van der Waals surface area contributed by atoms with Gasteiger partial charge in [0.25, 0.3) is 0 Å². The van der Waals surface area contributed by atoms with E-state index >= 15 is 0 Å². The molecule has 1 unspecified atom stereocenters. The van der Waals surface area contributed by atoms with Gasteiger partial charge in [-0.05, 0) is 13.8 Å². The minimum atomic E-state index is -0.0197. The fourth-order valence-electron chi connectivity index (χ4n) is 1.51. The number of rotatable bonds is 3. The smallest absolute Gasteiger partial charge is 0.0674 e. The molecule has 1 atom stereocenters. The van der Waals surface area contributed by atoms with Gasteiger partial charge in [-0.15, -0.1) is 6.58 Å². The van der Waals surface area contributed by atoms with E-state index in [-0.39, 0.29) is 6.04 Å². The number of nitrogens with two attached hydrogens (primary N) is 1. The first-order valence-electron chi connectivity index (χ1n) is 4.20. The Hall–Kier alpha value is -1.13. The third kappa shape index (κ3) is 1.64. The van der Waals surface area contributed by atoms with Crippen LogP contribution in [0.2, 0.25) is 0 Å². The number of nitrogens with one attached hydrogen (secondary N) is 1. The van der Waals surface area contributed by atoms with Crippen molar-refractivity contribution < 1.29 is 0 Å². The first kappa shape index (κ1) is 9.95.